The van der Waals surface area contributed by atoms with Crippen molar-refractivity contribution in [3.05, 3.63) is 24.2 Å². The van der Waals surface area contributed by atoms with Crippen LogP contribution in [0.25, 0.3) is 0 Å². The Hall–Kier alpha value is -0.760. The molecule has 1 aromatic heterocycles. The Bertz CT molecular complexity index is 199. The molecule has 2 nitrogen and oxygen atoms in total. The van der Waals surface area contributed by atoms with E-state index in [-0.39, 0.29) is 0 Å². The zero-order valence-electron chi connectivity index (χ0n) is 6.55. The van der Waals surface area contributed by atoms with Crippen LogP contribution in [0.1, 0.15) is 18.6 Å². The van der Waals surface area contributed by atoms with Crippen LogP contribution in [0.15, 0.2) is 22.8 Å². The van der Waals surface area contributed by atoms with Crippen LogP contribution in [-0.4, -0.2) is 12.6 Å². The van der Waals surface area contributed by atoms with E-state index < -0.39 is 0 Å². The lowest BCUT2D eigenvalue weighted by Gasteiger charge is -2.06. The van der Waals surface area contributed by atoms with E-state index in [9.17, 15) is 0 Å². The van der Waals surface area contributed by atoms with Gasteiger partial charge < -0.3 is 9.73 Å². The second kappa shape index (κ2) is 3.09. The molecule has 2 heterocycles. The van der Waals surface area contributed by atoms with E-state index in [4.69, 9.17) is 4.42 Å². The third-order valence-electron chi connectivity index (χ3n) is 2.19. The van der Waals surface area contributed by atoms with Gasteiger partial charge in [-0.05, 0) is 31.5 Å². The maximum absolute atomic E-state index is 5.26. The quantitative estimate of drug-likeness (QED) is 0.694. The molecule has 1 N–H and O–H groups in total. The molecule has 0 amide bonds. The topological polar surface area (TPSA) is 25.2 Å². The Balaban J connectivity index is 1.90. The monoisotopic (exact) mass is 151 g/mol. The summed E-state index contributed by atoms with van der Waals surface area (Å²) in [7, 11) is 0. The van der Waals surface area contributed by atoms with Crippen molar-refractivity contribution in [2.24, 2.45) is 0 Å². The van der Waals surface area contributed by atoms with E-state index >= 15 is 0 Å². The normalized spacial score (nSPS) is 24.2. The van der Waals surface area contributed by atoms with Crippen LogP contribution >= 0.6 is 0 Å². The molecule has 1 fully saturated rings. The summed E-state index contributed by atoms with van der Waals surface area (Å²) in [5.74, 6) is 1.10. The molecule has 1 aliphatic heterocycles. The maximum atomic E-state index is 5.26. The van der Waals surface area contributed by atoms with E-state index in [1.54, 1.807) is 6.26 Å². The van der Waals surface area contributed by atoms with E-state index in [1.165, 1.54) is 19.4 Å². The molecule has 1 unspecified atom stereocenters. The number of hydrogen-bond donors (Lipinski definition) is 1. The van der Waals surface area contributed by atoms with Gasteiger partial charge in [0, 0.05) is 12.5 Å². The average molecular weight is 151 g/mol. The average Bonchev–Trinajstić information content (AvgIpc) is 2.60. The van der Waals surface area contributed by atoms with Gasteiger partial charge in [-0.15, -0.1) is 0 Å². The van der Waals surface area contributed by atoms with Crippen molar-refractivity contribution in [2.75, 3.05) is 6.54 Å². The summed E-state index contributed by atoms with van der Waals surface area (Å²) in [6.45, 7) is 1.17. The highest BCUT2D eigenvalue weighted by Crippen LogP contribution is 2.11. The van der Waals surface area contributed by atoms with Crippen molar-refractivity contribution in [1.82, 2.24) is 5.32 Å². The molecule has 0 aliphatic carbocycles. The summed E-state index contributed by atoms with van der Waals surface area (Å²) in [5, 5.41) is 3.43. The van der Waals surface area contributed by atoms with Crippen LogP contribution < -0.4 is 5.32 Å². The Labute approximate surface area is 66.6 Å². The van der Waals surface area contributed by atoms with Crippen LogP contribution in [0.4, 0.5) is 0 Å². The molecule has 0 radical (unpaired) electrons. The summed E-state index contributed by atoms with van der Waals surface area (Å²) >= 11 is 0. The van der Waals surface area contributed by atoms with Crippen molar-refractivity contribution in [1.29, 1.82) is 0 Å². The molecular formula is C9H13NO. The molecule has 11 heavy (non-hydrogen) atoms. The van der Waals surface area contributed by atoms with Crippen molar-refractivity contribution in [3.8, 4) is 0 Å². The standard InChI is InChI=1S/C9H13NO/c1-3-8(10-5-1)7-9-4-2-6-11-9/h2,4,6,8,10H,1,3,5,7H2. The highest BCUT2D eigenvalue weighted by atomic mass is 16.3. The van der Waals surface area contributed by atoms with E-state index in [2.05, 4.69) is 5.32 Å². The smallest absolute Gasteiger partial charge is 0.105 e. The molecule has 1 aliphatic rings. The third kappa shape index (κ3) is 1.63. The SMILES string of the molecule is c1coc(CC2CCCN2)c1. The fourth-order valence-corrected chi connectivity index (χ4v) is 1.60. The lowest BCUT2D eigenvalue weighted by Crippen LogP contribution is -2.23. The number of furan rings is 1. The van der Waals surface area contributed by atoms with Crippen LogP contribution in [0.3, 0.4) is 0 Å². The summed E-state index contributed by atoms with van der Waals surface area (Å²) < 4.78 is 5.26. The molecule has 1 saturated heterocycles. The Kier molecular flexibility index (Phi) is 1.95. The minimum atomic E-state index is 0.654. The predicted octanol–water partition coefficient (Wildman–Crippen LogP) is 1.57. The van der Waals surface area contributed by atoms with E-state index in [0.717, 1.165) is 12.2 Å². The Morgan fingerprint density at radius 2 is 2.64 bits per heavy atom. The molecule has 0 aromatic carbocycles. The minimum Gasteiger partial charge on any atom is -0.469 e. The zero-order valence-corrected chi connectivity index (χ0v) is 6.55. The molecule has 0 saturated carbocycles. The fraction of sp³-hybridized carbons (Fsp3) is 0.556. The first-order valence-corrected chi connectivity index (χ1v) is 4.21. The van der Waals surface area contributed by atoms with Gasteiger partial charge in [-0.3, -0.25) is 0 Å². The van der Waals surface area contributed by atoms with Crippen molar-refractivity contribution in [2.45, 2.75) is 25.3 Å². The third-order valence-corrected chi connectivity index (χ3v) is 2.19. The first-order valence-electron chi connectivity index (χ1n) is 4.21. The summed E-state index contributed by atoms with van der Waals surface area (Å²) in [6.07, 6.45) is 5.39. The van der Waals surface area contributed by atoms with Gasteiger partial charge in [-0.1, -0.05) is 0 Å². The van der Waals surface area contributed by atoms with Gasteiger partial charge in [0.1, 0.15) is 5.76 Å². The van der Waals surface area contributed by atoms with Gasteiger partial charge in [0.15, 0.2) is 0 Å². The maximum Gasteiger partial charge on any atom is 0.105 e. The second-order valence-corrected chi connectivity index (χ2v) is 3.08. The number of nitrogens with one attached hydrogen (secondary N) is 1. The Morgan fingerprint density at radius 3 is 3.27 bits per heavy atom. The summed E-state index contributed by atoms with van der Waals surface area (Å²) in [6, 6.07) is 4.64. The Morgan fingerprint density at radius 1 is 1.64 bits per heavy atom. The van der Waals surface area contributed by atoms with Crippen LogP contribution in [0.5, 0.6) is 0 Å². The van der Waals surface area contributed by atoms with Gasteiger partial charge in [-0.2, -0.15) is 0 Å². The molecule has 2 rings (SSSR count). The second-order valence-electron chi connectivity index (χ2n) is 3.08. The van der Waals surface area contributed by atoms with Gasteiger partial charge in [0.2, 0.25) is 0 Å². The summed E-state index contributed by atoms with van der Waals surface area (Å²) in [4.78, 5) is 0. The van der Waals surface area contributed by atoms with Gasteiger partial charge in [0.05, 0.1) is 6.26 Å². The first kappa shape index (κ1) is 6.92. The lowest BCUT2D eigenvalue weighted by atomic mass is 10.1. The van der Waals surface area contributed by atoms with Crippen molar-refractivity contribution < 1.29 is 4.42 Å². The van der Waals surface area contributed by atoms with Gasteiger partial charge >= 0.3 is 0 Å². The molecule has 2 heteroatoms. The molecule has 1 atom stereocenters. The molecule has 0 spiro atoms. The molecular weight excluding hydrogens is 138 g/mol. The van der Waals surface area contributed by atoms with Crippen molar-refractivity contribution in [3.63, 3.8) is 0 Å². The molecule has 0 bridgehead atoms. The minimum absolute atomic E-state index is 0.654. The van der Waals surface area contributed by atoms with Gasteiger partial charge in [0.25, 0.3) is 0 Å². The lowest BCUT2D eigenvalue weighted by molar-refractivity contribution is 0.470. The highest BCUT2D eigenvalue weighted by molar-refractivity contribution is 5.01. The van der Waals surface area contributed by atoms with Gasteiger partial charge in [-0.25, -0.2) is 0 Å². The fourth-order valence-electron chi connectivity index (χ4n) is 1.60. The molecule has 1 aromatic rings. The molecule has 60 valence electrons. The largest absolute Gasteiger partial charge is 0.469 e. The zero-order chi connectivity index (χ0) is 7.52. The van der Waals surface area contributed by atoms with Crippen LogP contribution in [-0.2, 0) is 6.42 Å². The van der Waals surface area contributed by atoms with E-state index in [0.29, 0.717) is 6.04 Å². The first-order chi connectivity index (χ1) is 5.45. The number of hydrogen-bond acceptors (Lipinski definition) is 2. The van der Waals surface area contributed by atoms with Crippen LogP contribution in [0.2, 0.25) is 0 Å². The van der Waals surface area contributed by atoms with Crippen molar-refractivity contribution >= 4 is 0 Å². The van der Waals surface area contributed by atoms with E-state index in [1.807, 2.05) is 12.1 Å². The highest BCUT2D eigenvalue weighted by Gasteiger charge is 2.14. The van der Waals surface area contributed by atoms with Crippen LogP contribution in [0, 0.1) is 0 Å². The summed E-state index contributed by atoms with van der Waals surface area (Å²) in [5.41, 5.74) is 0. The predicted molar refractivity (Wildman–Crippen MR) is 43.4 cm³/mol. The number of rotatable bonds is 2.